The highest BCUT2D eigenvalue weighted by atomic mass is 16.5. The zero-order valence-electron chi connectivity index (χ0n) is 11.9. The average molecular weight is 273 g/mol. The summed E-state index contributed by atoms with van der Waals surface area (Å²) >= 11 is 0. The van der Waals surface area contributed by atoms with Crippen molar-refractivity contribution in [3.63, 3.8) is 0 Å². The average Bonchev–Trinajstić information content (AvgIpc) is 2.37. The predicted octanol–water partition coefficient (Wildman–Crippen LogP) is 2.47. The highest BCUT2D eigenvalue weighted by Gasteiger charge is 2.07. The highest BCUT2D eigenvalue weighted by Crippen LogP contribution is 2.08. The van der Waals surface area contributed by atoms with Gasteiger partial charge in [0.25, 0.3) is 0 Å². The Hall–Kier alpha value is -1.10. The van der Waals surface area contributed by atoms with E-state index in [1.807, 2.05) is 0 Å². The van der Waals surface area contributed by atoms with Crippen LogP contribution in [0.1, 0.15) is 64.7 Å². The third-order valence-electron chi connectivity index (χ3n) is 2.95. The minimum atomic E-state index is -0.981. The number of nitrogens with two attached hydrogens (primary N) is 1. The maximum absolute atomic E-state index is 11.1. The van der Waals surface area contributed by atoms with Crippen LogP contribution in [0.15, 0.2) is 0 Å². The van der Waals surface area contributed by atoms with Crippen molar-refractivity contribution in [2.75, 3.05) is 6.61 Å². The van der Waals surface area contributed by atoms with Crippen LogP contribution in [0, 0.1) is 0 Å². The Morgan fingerprint density at radius 3 is 2.42 bits per heavy atom. The second kappa shape index (κ2) is 12.0. The lowest BCUT2D eigenvalue weighted by atomic mass is 10.0. The van der Waals surface area contributed by atoms with Crippen LogP contribution in [0.3, 0.4) is 0 Å². The van der Waals surface area contributed by atoms with E-state index in [2.05, 4.69) is 6.92 Å². The fourth-order valence-corrected chi connectivity index (χ4v) is 1.79. The Bertz CT molecular complexity index is 256. The van der Waals surface area contributed by atoms with Crippen LogP contribution in [-0.4, -0.2) is 29.7 Å². The first-order chi connectivity index (χ1) is 9.06. The summed E-state index contributed by atoms with van der Waals surface area (Å²) in [6.45, 7) is 2.51. The standard InChI is InChI=1S/C14H27NO4/c1-2-3-4-5-7-12(15)8-6-11-19-14(18)10-9-13(16)17/h12H,2-11,15H2,1H3,(H,16,17). The van der Waals surface area contributed by atoms with Crippen molar-refractivity contribution in [3.8, 4) is 0 Å². The minimum absolute atomic E-state index is 0.0571. The molecule has 0 heterocycles. The van der Waals surface area contributed by atoms with E-state index in [-0.39, 0.29) is 18.9 Å². The Morgan fingerprint density at radius 2 is 1.79 bits per heavy atom. The van der Waals surface area contributed by atoms with Gasteiger partial charge in [-0.25, -0.2) is 0 Å². The summed E-state index contributed by atoms with van der Waals surface area (Å²) < 4.78 is 4.93. The van der Waals surface area contributed by atoms with Crippen molar-refractivity contribution < 1.29 is 19.4 Å². The molecule has 1 atom stereocenters. The Labute approximate surface area is 115 Å². The van der Waals surface area contributed by atoms with Crippen molar-refractivity contribution in [1.29, 1.82) is 0 Å². The molecule has 3 N–H and O–H groups in total. The Balaban J connectivity index is 3.37. The number of carbonyl (C=O) groups is 2. The fourth-order valence-electron chi connectivity index (χ4n) is 1.79. The third-order valence-corrected chi connectivity index (χ3v) is 2.95. The second-order valence-corrected chi connectivity index (χ2v) is 4.87. The zero-order valence-corrected chi connectivity index (χ0v) is 11.9. The van der Waals surface area contributed by atoms with E-state index in [9.17, 15) is 9.59 Å². The summed E-state index contributed by atoms with van der Waals surface area (Å²) in [5.74, 6) is -1.43. The molecule has 0 fully saturated rings. The van der Waals surface area contributed by atoms with Gasteiger partial charge in [0.1, 0.15) is 0 Å². The molecule has 0 aromatic heterocycles. The lowest BCUT2D eigenvalue weighted by Crippen LogP contribution is -2.20. The quantitative estimate of drug-likeness (QED) is 0.421. The molecule has 1 unspecified atom stereocenters. The van der Waals surface area contributed by atoms with E-state index >= 15 is 0 Å². The molecule has 0 radical (unpaired) electrons. The monoisotopic (exact) mass is 273 g/mol. The molecule has 0 saturated heterocycles. The van der Waals surface area contributed by atoms with E-state index < -0.39 is 11.9 Å². The summed E-state index contributed by atoms with van der Waals surface area (Å²) in [5, 5.41) is 8.40. The van der Waals surface area contributed by atoms with E-state index in [0.29, 0.717) is 6.61 Å². The molecule has 0 bridgehead atoms. The van der Waals surface area contributed by atoms with Crippen LogP contribution >= 0.6 is 0 Å². The molecule has 0 aliphatic heterocycles. The predicted molar refractivity (Wildman–Crippen MR) is 73.8 cm³/mol. The summed E-state index contributed by atoms with van der Waals surface area (Å²) in [6.07, 6.45) is 7.25. The van der Waals surface area contributed by atoms with Gasteiger partial charge in [0.15, 0.2) is 0 Å². The second-order valence-electron chi connectivity index (χ2n) is 4.87. The topological polar surface area (TPSA) is 89.6 Å². The number of carboxylic acids is 1. The summed E-state index contributed by atoms with van der Waals surface area (Å²) in [4.78, 5) is 21.4. The van der Waals surface area contributed by atoms with Crippen LogP contribution in [0.25, 0.3) is 0 Å². The van der Waals surface area contributed by atoms with Crippen LogP contribution < -0.4 is 5.73 Å². The van der Waals surface area contributed by atoms with Crippen molar-refractivity contribution in [1.82, 2.24) is 0 Å². The van der Waals surface area contributed by atoms with Gasteiger partial charge in [-0.15, -0.1) is 0 Å². The van der Waals surface area contributed by atoms with Gasteiger partial charge in [0.05, 0.1) is 19.4 Å². The molecule has 0 aromatic rings. The molecule has 5 heteroatoms. The number of carboxylic acid groups (broad SMARTS) is 1. The number of carbonyl (C=O) groups excluding carboxylic acids is 1. The summed E-state index contributed by atoms with van der Waals surface area (Å²) in [7, 11) is 0. The highest BCUT2D eigenvalue weighted by molar-refractivity contribution is 5.76. The van der Waals surface area contributed by atoms with E-state index in [0.717, 1.165) is 25.7 Å². The van der Waals surface area contributed by atoms with Gasteiger partial charge in [-0.05, 0) is 19.3 Å². The lowest BCUT2D eigenvalue weighted by Gasteiger charge is -2.11. The first-order valence-corrected chi connectivity index (χ1v) is 7.19. The van der Waals surface area contributed by atoms with Crippen LogP contribution in [0.4, 0.5) is 0 Å². The van der Waals surface area contributed by atoms with E-state index in [4.69, 9.17) is 15.6 Å². The van der Waals surface area contributed by atoms with Gasteiger partial charge in [0, 0.05) is 6.04 Å². The first-order valence-electron chi connectivity index (χ1n) is 7.19. The largest absolute Gasteiger partial charge is 0.481 e. The number of unbranched alkanes of at least 4 members (excludes halogenated alkanes) is 3. The molecule has 0 saturated carbocycles. The number of hydrogen-bond acceptors (Lipinski definition) is 4. The van der Waals surface area contributed by atoms with Crippen LogP contribution in [0.5, 0.6) is 0 Å². The van der Waals surface area contributed by atoms with Gasteiger partial charge in [-0.2, -0.15) is 0 Å². The smallest absolute Gasteiger partial charge is 0.306 e. The van der Waals surface area contributed by atoms with Gasteiger partial charge in [-0.1, -0.05) is 32.6 Å². The number of rotatable bonds is 12. The van der Waals surface area contributed by atoms with E-state index in [1.165, 1.54) is 19.3 Å². The maximum atomic E-state index is 11.1. The molecule has 0 aromatic carbocycles. The van der Waals surface area contributed by atoms with Crippen LogP contribution in [0.2, 0.25) is 0 Å². The van der Waals surface area contributed by atoms with E-state index in [1.54, 1.807) is 0 Å². The molecule has 0 amide bonds. The normalized spacial score (nSPS) is 12.1. The van der Waals surface area contributed by atoms with Crippen LogP contribution in [-0.2, 0) is 14.3 Å². The molecular weight excluding hydrogens is 246 g/mol. The Kier molecular flexibility index (Phi) is 11.3. The Morgan fingerprint density at radius 1 is 1.11 bits per heavy atom. The number of hydrogen-bond donors (Lipinski definition) is 2. The number of ether oxygens (including phenoxy) is 1. The summed E-state index contributed by atoms with van der Waals surface area (Å²) in [6, 6.07) is 0.176. The van der Waals surface area contributed by atoms with Crippen molar-refractivity contribution >= 4 is 11.9 Å². The van der Waals surface area contributed by atoms with Crippen molar-refractivity contribution in [3.05, 3.63) is 0 Å². The van der Waals surface area contributed by atoms with Gasteiger partial charge < -0.3 is 15.6 Å². The van der Waals surface area contributed by atoms with Gasteiger partial charge >= 0.3 is 11.9 Å². The van der Waals surface area contributed by atoms with Gasteiger partial charge in [-0.3, -0.25) is 9.59 Å². The van der Waals surface area contributed by atoms with Gasteiger partial charge in [0.2, 0.25) is 0 Å². The number of aliphatic carboxylic acids is 1. The zero-order chi connectivity index (χ0) is 14.5. The lowest BCUT2D eigenvalue weighted by molar-refractivity contribution is -0.147. The number of esters is 1. The molecule has 0 aliphatic rings. The molecule has 0 spiro atoms. The molecule has 5 nitrogen and oxygen atoms in total. The van der Waals surface area contributed by atoms with Crippen molar-refractivity contribution in [2.24, 2.45) is 5.73 Å². The maximum Gasteiger partial charge on any atom is 0.306 e. The fraction of sp³-hybridized carbons (Fsp3) is 0.857. The molecule has 112 valence electrons. The molecule has 0 aliphatic carbocycles. The van der Waals surface area contributed by atoms with Crippen molar-refractivity contribution in [2.45, 2.75) is 70.8 Å². The summed E-state index contributed by atoms with van der Waals surface area (Å²) in [5.41, 5.74) is 5.95. The minimum Gasteiger partial charge on any atom is -0.481 e. The molecule has 0 rings (SSSR count). The molecule has 19 heavy (non-hydrogen) atoms. The molecular formula is C14H27NO4. The first kappa shape index (κ1) is 17.9. The SMILES string of the molecule is CCCCCCC(N)CCCOC(=O)CCC(=O)O. The third kappa shape index (κ3) is 13.1.